The average Bonchev–Trinajstić information content (AvgIpc) is 3.09. The van der Waals surface area contributed by atoms with Gasteiger partial charge in [-0.25, -0.2) is 9.18 Å². The van der Waals surface area contributed by atoms with E-state index in [0.717, 1.165) is 27.8 Å². The lowest BCUT2D eigenvalue weighted by Gasteiger charge is -2.28. The summed E-state index contributed by atoms with van der Waals surface area (Å²) in [6, 6.07) is 18.4. The van der Waals surface area contributed by atoms with Gasteiger partial charge in [0.2, 0.25) is 5.91 Å². The monoisotopic (exact) mass is 461 g/mol. The second-order valence-electron chi connectivity index (χ2n) is 8.47. The van der Waals surface area contributed by atoms with Gasteiger partial charge in [-0.05, 0) is 42.5 Å². The third-order valence-electron chi connectivity index (χ3n) is 6.39. The first-order valence-corrected chi connectivity index (χ1v) is 11.6. The first kappa shape index (κ1) is 23.4. The van der Waals surface area contributed by atoms with Crippen molar-refractivity contribution in [3.63, 3.8) is 0 Å². The van der Waals surface area contributed by atoms with Crippen LogP contribution in [0.2, 0.25) is 0 Å². The van der Waals surface area contributed by atoms with Crippen LogP contribution in [0.15, 0.2) is 66.7 Å². The highest BCUT2D eigenvalue weighted by molar-refractivity contribution is 6.12. The number of urea groups is 1. The number of benzene rings is 3. The summed E-state index contributed by atoms with van der Waals surface area (Å²) in [7, 11) is 0. The number of nitrogens with zero attached hydrogens (tertiary/aromatic N) is 2. The zero-order chi connectivity index (χ0) is 24.3. The molecule has 0 saturated carbocycles. The number of rotatable bonds is 8. The van der Waals surface area contributed by atoms with Crippen LogP contribution >= 0.6 is 0 Å². The zero-order valence-corrected chi connectivity index (χ0v) is 19.4. The van der Waals surface area contributed by atoms with Gasteiger partial charge in [-0.3, -0.25) is 14.5 Å². The number of carbonyl (C=O) groups is 3. The Hall–Kier alpha value is -3.74. The number of fused-ring (bicyclic) bond motifs is 1. The average molecular weight is 462 g/mol. The molecule has 4 amide bonds. The molecule has 34 heavy (non-hydrogen) atoms. The van der Waals surface area contributed by atoms with Crippen molar-refractivity contribution in [2.45, 2.75) is 38.6 Å². The highest BCUT2D eigenvalue weighted by atomic mass is 19.1. The molecule has 3 aromatic carbocycles. The summed E-state index contributed by atoms with van der Waals surface area (Å²) in [5.41, 5.74) is -0.0668. The Morgan fingerprint density at radius 2 is 1.71 bits per heavy atom. The molecule has 0 bridgehead atoms. The second-order valence-corrected chi connectivity index (χ2v) is 8.47. The molecule has 6 nitrogen and oxygen atoms in total. The van der Waals surface area contributed by atoms with Crippen LogP contribution in [0.4, 0.5) is 14.9 Å². The fourth-order valence-corrected chi connectivity index (χ4v) is 4.60. The van der Waals surface area contributed by atoms with E-state index < -0.39 is 23.3 Å². The summed E-state index contributed by atoms with van der Waals surface area (Å²) in [5, 5.41) is 4.73. The lowest BCUT2D eigenvalue weighted by Crippen LogP contribution is -2.46. The summed E-state index contributed by atoms with van der Waals surface area (Å²) >= 11 is 0. The molecule has 1 fully saturated rings. The number of hydrogen-bond acceptors (Lipinski definition) is 3. The van der Waals surface area contributed by atoms with Crippen molar-refractivity contribution in [2.24, 2.45) is 0 Å². The number of imide groups is 1. The third kappa shape index (κ3) is 4.14. The SMILES string of the molecule is CCCCC1(c2ccc(F)cc2)NC(=O)N(CC(=O)N(CC)c2cccc3ccccc23)C1=O. The van der Waals surface area contributed by atoms with Crippen molar-refractivity contribution < 1.29 is 18.8 Å². The molecule has 1 saturated heterocycles. The molecule has 1 atom stereocenters. The van der Waals surface area contributed by atoms with Gasteiger partial charge in [0.1, 0.15) is 17.9 Å². The number of nitrogens with one attached hydrogen (secondary N) is 1. The normalized spacial score (nSPS) is 17.8. The molecule has 1 aliphatic heterocycles. The molecule has 1 unspecified atom stereocenters. The number of likely N-dealkylation sites (N-methyl/N-ethyl adjacent to an activating group) is 1. The molecule has 1 aliphatic rings. The number of amides is 4. The molecule has 0 radical (unpaired) electrons. The standard InChI is InChI=1S/C27H28FN3O3/c1-3-5-17-27(20-13-15-21(28)16-14-20)25(33)31(26(34)29-27)18-24(32)30(4-2)23-12-8-10-19-9-6-7-11-22(19)23/h6-16H,3-5,17-18H2,1-2H3,(H,29,34). The van der Waals surface area contributed by atoms with Gasteiger partial charge in [0.05, 0.1) is 5.69 Å². The maximum atomic E-state index is 13.6. The Morgan fingerprint density at radius 1 is 1.00 bits per heavy atom. The van der Waals surface area contributed by atoms with Crippen molar-refractivity contribution in [1.29, 1.82) is 0 Å². The van der Waals surface area contributed by atoms with E-state index in [0.29, 0.717) is 24.9 Å². The summed E-state index contributed by atoms with van der Waals surface area (Å²) in [6.07, 6.45) is 1.86. The molecule has 1 heterocycles. The van der Waals surface area contributed by atoms with Gasteiger partial charge in [0.15, 0.2) is 0 Å². The van der Waals surface area contributed by atoms with Crippen LogP contribution in [-0.2, 0) is 15.1 Å². The molecule has 0 aliphatic carbocycles. The van der Waals surface area contributed by atoms with Crippen LogP contribution in [-0.4, -0.2) is 35.8 Å². The van der Waals surface area contributed by atoms with Crippen molar-refractivity contribution in [3.8, 4) is 0 Å². The van der Waals surface area contributed by atoms with E-state index in [4.69, 9.17) is 0 Å². The Bertz CT molecular complexity index is 1220. The quantitative estimate of drug-likeness (QED) is 0.482. The molecular weight excluding hydrogens is 433 g/mol. The minimum Gasteiger partial charge on any atom is -0.319 e. The van der Waals surface area contributed by atoms with Crippen molar-refractivity contribution in [2.75, 3.05) is 18.0 Å². The van der Waals surface area contributed by atoms with Gasteiger partial charge in [0.25, 0.3) is 5.91 Å². The molecule has 1 N–H and O–H groups in total. The van der Waals surface area contributed by atoms with E-state index in [1.807, 2.05) is 56.3 Å². The molecule has 4 rings (SSSR count). The number of anilines is 1. The van der Waals surface area contributed by atoms with Crippen LogP contribution in [0.3, 0.4) is 0 Å². The molecule has 0 aromatic heterocycles. The van der Waals surface area contributed by atoms with Gasteiger partial charge < -0.3 is 10.2 Å². The van der Waals surface area contributed by atoms with Crippen molar-refractivity contribution in [1.82, 2.24) is 10.2 Å². The topological polar surface area (TPSA) is 69.7 Å². The van der Waals surface area contributed by atoms with E-state index in [9.17, 15) is 18.8 Å². The predicted octanol–water partition coefficient (Wildman–Crippen LogP) is 4.97. The van der Waals surface area contributed by atoms with E-state index in [2.05, 4.69) is 5.32 Å². The van der Waals surface area contributed by atoms with Gasteiger partial charge in [-0.15, -0.1) is 0 Å². The van der Waals surface area contributed by atoms with E-state index in [-0.39, 0.29) is 12.5 Å². The number of carbonyl (C=O) groups excluding carboxylic acids is 3. The van der Waals surface area contributed by atoms with Gasteiger partial charge in [-0.2, -0.15) is 0 Å². The highest BCUT2D eigenvalue weighted by Crippen LogP contribution is 2.35. The lowest BCUT2D eigenvalue weighted by molar-refractivity contribution is -0.134. The fraction of sp³-hybridized carbons (Fsp3) is 0.296. The maximum Gasteiger partial charge on any atom is 0.325 e. The largest absolute Gasteiger partial charge is 0.325 e. The Labute approximate surface area is 198 Å². The van der Waals surface area contributed by atoms with Gasteiger partial charge >= 0.3 is 6.03 Å². The van der Waals surface area contributed by atoms with Crippen LogP contribution in [0.1, 0.15) is 38.7 Å². The van der Waals surface area contributed by atoms with Crippen LogP contribution < -0.4 is 10.2 Å². The number of halogens is 1. The minimum atomic E-state index is -1.31. The Morgan fingerprint density at radius 3 is 2.41 bits per heavy atom. The van der Waals surface area contributed by atoms with Crippen molar-refractivity contribution in [3.05, 3.63) is 78.1 Å². The summed E-state index contributed by atoms with van der Waals surface area (Å²) < 4.78 is 13.5. The highest BCUT2D eigenvalue weighted by Gasteiger charge is 2.52. The predicted molar refractivity (Wildman–Crippen MR) is 130 cm³/mol. The fourth-order valence-electron chi connectivity index (χ4n) is 4.60. The van der Waals surface area contributed by atoms with Crippen molar-refractivity contribution >= 4 is 34.3 Å². The number of hydrogen-bond donors (Lipinski definition) is 1. The Balaban J connectivity index is 1.64. The first-order chi connectivity index (χ1) is 16.4. The zero-order valence-electron chi connectivity index (χ0n) is 19.4. The first-order valence-electron chi connectivity index (χ1n) is 11.6. The van der Waals surface area contributed by atoms with Crippen LogP contribution in [0.25, 0.3) is 10.8 Å². The maximum absolute atomic E-state index is 13.6. The number of unbranched alkanes of at least 4 members (excludes halogenated alkanes) is 1. The molecular formula is C27H28FN3O3. The summed E-state index contributed by atoms with van der Waals surface area (Å²) in [6.45, 7) is 3.85. The summed E-state index contributed by atoms with van der Waals surface area (Å²) in [4.78, 5) is 42.5. The molecule has 0 spiro atoms. The van der Waals surface area contributed by atoms with Gasteiger partial charge in [0, 0.05) is 11.9 Å². The summed E-state index contributed by atoms with van der Waals surface area (Å²) in [5.74, 6) is -1.26. The van der Waals surface area contributed by atoms with Crippen LogP contribution in [0, 0.1) is 5.82 Å². The lowest BCUT2D eigenvalue weighted by atomic mass is 9.85. The Kier molecular flexibility index (Phi) is 6.63. The van der Waals surface area contributed by atoms with Crippen LogP contribution in [0.5, 0.6) is 0 Å². The third-order valence-corrected chi connectivity index (χ3v) is 6.39. The molecule has 176 valence electrons. The van der Waals surface area contributed by atoms with Gasteiger partial charge in [-0.1, -0.05) is 68.3 Å². The molecule has 3 aromatic rings. The minimum absolute atomic E-state index is 0.354. The van der Waals surface area contributed by atoms with E-state index in [1.54, 1.807) is 4.90 Å². The van der Waals surface area contributed by atoms with E-state index >= 15 is 0 Å². The smallest absolute Gasteiger partial charge is 0.319 e. The van der Waals surface area contributed by atoms with E-state index in [1.165, 1.54) is 24.3 Å². The molecule has 7 heteroatoms. The second kappa shape index (κ2) is 9.63.